The van der Waals surface area contributed by atoms with Crippen molar-refractivity contribution in [2.24, 2.45) is 0 Å². The molecule has 0 saturated heterocycles. The van der Waals surface area contributed by atoms with Crippen LogP contribution in [0.15, 0.2) is 18.2 Å². The first-order valence-electron chi connectivity index (χ1n) is 9.59. The smallest absolute Gasteiger partial charge is 0.267 e. The first-order chi connectivity index (χ1) is 11.9. The van der Waals surface area contributed by atoms with Gasteiger partial charge in [-0.25, -0.2) is 0 Å². The lowest BCUT2D eigenvalue weighted by Crippen LogP contribution is -2.19. The van der Waals surface area contributed by atoms with Gasteiger partial charge in [0.25, 0.3) is 10.1 Å². The lowest BCUT2D eigenvalue weighted by molar-refractivity contribution is 0.306. The number of unbranched alkanes of at least 4 members (excludes halogenated alkanes) is 4. The van der Waals surface area contributed by atoms with Gasteiger partial charge in [-0.3, -0.25) is 4.55 Å². The second-order valence-electron chi connectivity index (χ2n) is 6.81. The molecule has 0 aliphatic carbocycles. The highest BCUT2D eigenvalue weighted by Crippen LogP contribution is 2.22. The molecule has 0 bridgehead atoms. The van der Waals surface area contributed by atoms with Crippen LogP contribution in [0.5, 0.6) is 5.75 Å². The summed E-state index contributed by atoms with van der Waals surface area (Å²) in [4.78, 5) is 0. The molecule has 0 fully saturated rings. The molecule has 1 aromatic rings. The van der Waals surface area contributed by atoms with Gasteiger partial charge in [-0.15, -0.1) is 0 Å². The molecule has 0 radical (unpaired) electrons. The number of hydrogen-bond donors (Lipinski definition) is 1. The predicted octanol–water partition coefficient (Wildman–Crippen LogP) is 5.20. The van der Waals surface area contributed by atoms with Gasteiger partial charge in [0.15, 0.2) is 0 Å². The van der Waals surface area contributed by atoms with Gasteiger partial charge in [-0.2, -0.15) is 8.42 Å². The lowest BCUT2D eigenvalue weighted by Gasteiger charge is -2.14. The third kappa shape index (κ3) is 8.73. The monoisotopic (exact) mass is 370 g/mol. The van der Waals surface area contributed by atoms with Crippen LogP contribution in [0.3, 0.4) is 0 Å². The van der Waals surface area contributed by atoms with E-state index < -0.39 is 15.4 Å². The van der Waals surface area contributed by atoms with Crippen LogP contribution in [0.2, 0.25) is 0 Å². The van der Waals surface area contributed by atoms with E-state index in [9.17, 15) is 8.42 Å². The Morgan fingerprint density at radius 1 is 1.00 bits per heavy atom. The number of hydrogen-bond acceptors (Lipinski definition) is 3. The first-order valence-corrected chi connectivity index (χ1v) is 11.1. The summed E-state index contributed by atoms with van der Waals surface area (Å²) in [7, 11) is -3.98. The molecule has 25 heavy (non-hydrogen) atoms. The highest BCUT2D eigenvalue weighted by Gasteiger charge is 2.17. The summed E-state index contributed by atoms with van der Waals surface area (Å²) in [5.74, 6) is 0.785. The number of ether oxygens (including phenoxy) is 1. The normalized spacial score (nSPS) is 13.0. The fourth-order valence-corrected chi connectivity index (χ4v) is 3.19. The molecular formula is C20H34O4S. The highest BCUT2D eigenvalue weighted by molar-refractivity contribution is 7.86. The Labute approximate surface area is 153 Å². The summed E-state index contributed by atoms with van der Waals surface area (Å²) in [5.41, 5.74) is 2.76. The van der Waals surface area contributed by atoms with Crippen LogP contribution in [0, 0.1) is 0 Å². The van der Waals surface area contributed by atoms with Gasteiger partial charge in [0, 0.05) is 6.42 Å². The molecule has 0 saturated carbocycles. The van der Waals surface area contributed by atoms with E-state index in [1.165, 1.54) is 56.6 Å². The van der Waals surface area contributed by atoms with E-state index >= 15 is 0 Å². The molecule has 0 aliphatic heterocycles. The minimum Gasteiger partial charge on any atom is -0.494 e. The van der Waals surface area contributed by atoms with E-state index in [0.29, 0.717) is 0 Å². The second-order valence-corrected chi connectivity index (χ2v) is 8.64. The molecule has 0 aliphatic rings. The van der Waals surface area contributed by atoms with Crippen molar-refractivity contribution in [3.05, 3.63) is 29.3 Å². The van der Waals surface area contributed by atoms with Crippen molar-refractivity contribution in [3.8, 4) is 5.75 Å². The summed E-state index contributed by atoms with van der Waals surface area (Å²) in [6.45, 7) is 6.20. The molecule has 144 valence electrons. The van der Waals surface area contributed by atoms with Crippen molar-refractivity contribution in [1.29, 1.82) is 0 Å². The first kappa shape index (κ1) is 22.0. The maximum Gasteiger partial charge on any atom is 0.267 e. The highest BCUT2D eigenvalue weighted by atomic mass is 32.2. The van der Waals surface area contributed by atoms with Gasteiger partial charge in [0.2, 0.25) is 0 Å². The van der Waals surface area contributed by atoms with Crippen molar-refractivity contribution in [2.75, 3.05) is 6.61 Å². The van der Waals surface area contributed by atoms with Crippen molar-refractivity contribution >= 4 is 10.1 Å². The van der Waals surface area contributed by atoms with Gasteiger partial charge in [0.1, 0.15) is 5.75 Å². The Morgan fingerprint density at radius 2 is 1.60 bits per heavy atom. The van der Waals surface area contributed by atoms with E-state index in [2.05, 4.69) is 26.0 Å². The predicted molar refractivity (Wildman–Crippen MR) is 104 cm³/mol. The van der Waals surface area contributed by atoms with Crippen LogP contribution < -0.4 is 4.74 Å². The largest absolute Gasteiger partial charge is 0.494 e. The molecule has 0 amide bonds. The summed E-state index contributed by atoms with van der Waals surface area (Å²) in [6.07, 6.45) is 9.74. The standard InChI is InChI=1S/C20H34O4S/c1-4-6-8-10-18-12-13-20(16-19(18)11-9-7-5-2)24-15-14-17(3)25(21,22)23/h12-13,16-17H,4-11,14-15H2,1-3H3,(H,21,22,23). The Morgan fingerprint density at radius 3 is 2.16 bits per heavy atom. The minimum atomic E-state index is -3.98. The van der Waals surface area contributed by atoms with Crippen LogP contribution in [0.25, 0.3) is 0 Å². The van der Waals surface area contributed by atoms with E-state index in [4.69, 9.17) is 9.29 Å². The molecule has 4 nitrogen and oxygen atoms in total. The second kappa shape index (κ2) is 11.5. The summed E-state index contributed by atoms with van der Waals surface area (Å²) >= 11 is 0. The van der Waals surface area contributed by atoms with Crippen molar-refractivity contribution in [3.63, 3.8) is 0 Å². The third-order valence-corrected chi connectivity index (χ3v) is 5.83. The average Bonchev–Trinajstić information content (AvgIpc) is 2.56. The van der Waals surface area contributed by atoms with Crippen molar-refractivity contribution < 1.29 is 17.7 Å². The van der Waals surface area contributed by atoms with Crippen LogP contribution in [-0.4, -0.2) is 24.8 Å². The molecule has 0 heterocycles. The maximum absolute atomic E-state index is 11.0. The Kier molecular flexibility index (Phi) is 10.1. The fraction of sp³-hybridized carbons (Fsp3) is 0.700. The third-order valence-electron chi connectivity index (χ3n) is 4.58. The average molecular weight is 371 g/mol. The van der Waals surface area contributed by atoms with Gasteiger partial charge < -0.3 is 4.74 Å². The molecule has 0 aromatic heterocycles. The van der Waals surface area contributed by atoms with Crippen LogP contribution >= 0.6 is 0 Å². The quantitative estimate of drug-likeness (QED) is 0.383. The number of benzene rings is 1. The zero-order valence-electron chi connectivity index (χ0n) is 16.0. The Bertz CT molecular complexity index is 596. The van der Waals surface area contributed by atoms with Crippen LogP contribution in [0.4, 0.5) is 0 Å². The molecule has 1 aromatic carbocycles. The van der Waals surface area contributed by atoms with Gasteiger partial charge in [-0.1, -0.05) is 45.6 Å². The molecule has 1 N–H and O–H groups in total. The minimum absolute atomic E-state index is 0.280. The molecule has 1 atom stereocenters. The number of rotatable bonds is 13. The Balaban J connectivity index is 2.68. The van der Waals surface area contributed by atoms with Gasteiger partial charge in [-0.05, 0) is 55.9 Å². The van der Waals surface area contributed by atoms with E-state index in [0.717, 1.165) is 18.6 Å². The Hall–Kier alpha value is -1.07. The van der Waals surface area contributed by atoms with Gasteiger partial charge >= 0.3 is 0 Å². The van der Waals surface area contributed by atoms with Gasteiger partial charge in [0.05, 0.1) is 11.9 Å². The molecule has 5 heteroatoms. The molecule has 0 spiro atoms. The van der Waals surface area contributed by atoms with E-state index in [-0.39, 0.29) is 13.0 Å². The lowest BCUT2D eigenvalue weighted by atomic mass is 9.97. The summed E-state index contributed by atoms with van der Waals surface area (Å²) in [5, 5.41) is -0.801. The molecular weight excluding hydrogens is 336 g/mol. The zero-order valence-corrected chi connectivity index (χ0v) is 16.8. The molecule has 1 unspecified atom stereocenters. The summed E-state index contributed by atoms with van der Waals surface area (Å²) < 4.78 is 36.8. The fourth-order valence-electron chi connectivity index (χ4n) is 2.79. The van der Waals surface area contributed by atoms with Crippen LogP contribution in [-0.2, 0) is 23.0 Å². The maximum atomic E-state index is 11.0. The topological polar surface area (TPSA) is 63.6 Å². The zero-order chi connectivity index (χ0) is 18.7. The molecule has 1 rings (SSSR count). The van der Waals surface area contributed by atoms with Crippen LogP contribution in [0.1, 0.15) is 76.8 Å². The SMILES string of the molecule is CCCCCc1ccc(OCCC(C)S(=O)(=O)O)cc1CCCCC. The van der Waals surface area contributed by atoms with E-state index in [1.807, 2.05) is 6.07 Å². The summed E-state index contributed by atoms with van der Waals surface area (Å²) in [6, 6.07) is 6.23. The van der Waals surface area contributed by atoms with Crippen molar-refractivity contribution in [1.82, 2.24) is 0 Å². The number of aryl methyl sites for hydroxylation is 2. The van der Waals surface area contributed by atoms with Crippen molar-refractivity contribution in [2.45, 2.75) is 83.8 Å². The van der Waals surface area contributed by atoms with E-state index in [1.54, 1.807) is 0 Å².